The Hall–Kier alpha value is -1.10. The summed E-state index contributed by atoms with van der Waals surface area (Å²) in [4.78, 5) is 22.6. The molecule has 0 radical (unpaired) electrons. The van der Waals surface area contributed by atoms with E-state index in [1.165, 1.54) is 0 Å². The number of amides is 1. The molecule has 98 valence electrons. The van der Waals surface area contributed by atoms with Gasteiger partial charge in [0.05, 0.1) is 12.0 Å². The minimum Gasteiger partial charge on any atom is -0.481 e. The number of nitrogens with one attached hydrogen (secondary N) is 1. The maximum atomic E-state index is 11.8. The first-order chi connectivity index (χ1) is 7.71. The lowest BCUT2D eigenvalue weighted by molar-refractivity contribution is -0.141. The van der Waals surface area contributed by atoms with Crippen molar-refractivity contribution in [1.82, 2.24) is 5.32 Å². The predicted molar refractivity (Wildman–Crippen MR) is 64.3 cm³/mol. The second-order valence-corrected chi connectivity index (χ2v) is 5.90. The lowest BCUT2D eigenvalue weighted by Crippen LogP contribution is -2.51. The second-order valence-electron chi connectivity index (χ2n) is 5.90. The molecule has 1 unspecified atom stereocenters. The minimum absolute atomic E-state index is 0.0444. The molecule has 1 amide bonds. The van der Waals surface area contributed by atoms with Gasteiger partial charge in [0, 0.05) is 6.04 Å². The normalized spacial score (nSPS) is 26.6. The molecule has 1 aliphatic rings. The van der Waals surface area contributed by atoms with Crippen LogP contribution >= 0.6 is 0 Å². The largest absolute Gasteiger partial charge is 0.481 e. The van der Waals surface area contributed by atoms with Crippen molar-refractivity contribution in [2.24, 2.45) is 17.1 Å². The molecule has 1 rings (SSSR count). The first-order valence-electron chi connectivity index (χ1n) is 6.00. The van der Waals surface area contributed by atoms with Crippen molar-refractivity contribution in [2.45, 2.75) is 52.1 Å². The van der Waals surface area contributed by atoms with Crippen LogP contribution in [0.25, 0.3) is 0 Å². The molecule has 3 atom stereocenters. The Kier molecular flexibility index (Phi) is 4.14. The van der Waals surface area contributed by atoms with Gasteiger partial charge in [-0.15, -0.1) is 0 Å². The van der Waals surface area contributed by atoms with Crippen LogP contribution in [-0.2, 0) is 9.59 Å². The number of rotatable bonds is 3. The molecule has 0 aliphatic heterocycles. The van der Waals surface area contributed by atoms with E-state index in [4.69, 9.17) is 10.8 Å². The highest BCUT2D eigenvalue weighted by Gasteiger charge is 2.33. The van der Waals surface area contributed by atoms with Crippen LogP contribution in [0.2, 0.25) is 0 Å². The smallest absolute Gasteiger partial charge is 0.306 e. The standard InChI is InChI=1S/C12H22N2O3/c1-12(2,3)9(13)10(15)14-8-5-4-7(6-8)11(16)17/h7-9H,4-6,13H2,1-3H3,(H,14,15)(H,16,17)/t7-,8+,9?/m1/s1. The molecule has 0 bridgehead atoms. The Morgan fingerprint density at radius 2 is 1.94 bits per heavy atom. The van der Waals surface area contributed by atoms with Crippen molar-refractivity contribution in [3.05, 3.63) is 0 Å². The zero-order valence-electron chi connectivity index (χ0n) is 10.7. The van der Waals surface area contributed by atoms with E-state index in [0.29, 0.717) is 12.8 Å². The third kappa shape index (κ3) is 3.70. The first-order valence-corrected chi connectivity index (χ1v) is 6.00. The van der Waals surface area contributed by atoms with Crippen molar-refractivity contribution in [1.29, 1.82) is 0 Å². The Morgan fingerprint density at radius 1 is 1.35 bits per heavy atom. The van der Waals surface area contributed by atoms with Crippen LogP contribution in [0, 0.1) is 11.3 Å². The summed E-state index contributed by atoms with van der Waals surface area (Å²) in [6, 6.07) is -0.608. The summed E-state index contributed by atoms with van der Waals surface area (Å²) in [5, 5.41) is 11.7. The van der Waals surface area contributed by atoms with Crippen LogP contribution < -0.4 is 11.1 Å². The number of carbonyl (C=O) groups is 2. The van der Waals surface area contributed by atoms with Gasteiger partial charge in [0.15, 0.2) is 0 Å². The van der Waals surface area contributed by atoms with Gasteiger partial charge in [-0.25, -0.2) is 0 Å². The van der Waals surface area contributed by atoms with Crippen LogP contribution in [0.5, 0.6) is 0 Å². The summed E-state index contributed by atoms with van der Waals surface area (Å²) >= 11 is 0. The van der Waals surface area contributed by atoms with Crippen LogP contribution in [0.1, 0.15) is 40.0 Å². The monoisotopic (exact) mass is 242 g/mol. The molecule has 0 aromatic heterocycles. The summed E-state index contributed by atoms with van der Waals surface area (Å²) in [6.07, 6.45) is 1.86. The van der Waals surface area contributed by atoms with Crippen molar-refractivity contribution < 1.29 is 14.7 Å². The molecular formula is C12H22N2O3. The van der Waals surface area contributed by atoms with Crippen LogP contribution in [-0.4, -0.2) is 29.1 Å². The number of nitrogens with two attached hydrogens (primary N) is 1. The topological polar surface area (TPSA) is 92.4 Å². The SMILES string of the molecule is CC(C)(C)C(N)C(=O)N[C@H]1CC[C@@H](C(=O)O)C1. The number of hydrogen-bond acceptors (Lipinski definition) is 3. The third-order valence-electron chi connectivity index (χ3n) is 3.34. The number of carboxylic acids is 1. The highest BCUT2D eigenvalue weighted by molar-refractivity contribution is 5.82. The maximum Gasteiger partial charge on any atom is 0.306 e. The number of aliphatic carboxylic acids is 1. The van der Waals surface area contributed by atoms with Gasteiger partial charge in [-0.05, 0) is 24.7 Å². The Bertz CT molecular complexity index is 309. The van der Waals surface area contributed by atoms with Gasteiger partial charge in [-0.3, -0.25) is 9.59 Å². The van der Waals surface area contributed by atoms with Crippen LogP contribution in [0.3, 0.4) is 0 Å². The van der Waals surface area contributed by atoms with Gasteiger partial charge < -0.3 is 16.2 Å². The van der Waals surface area contributed by atoms with E-state index in [0.717, 1.165) is 6.42 Å². The quantitative estimate of drug-likeness (QED) is 0.680. The van der Waals surface area contributed by atoms with Gasteiger partial charge >= 0.3 is 5.97 Å². The van der Waals surface area contributed by atoms with Gasteiger partial charge in [0.1, 0.15) is 0 Å². The number of hydrogen-bond donors (Lipinski definition) is 3. The summed E-state index contributed by atoms with van der Waals surface area (Å²) in [5.41, 5.74) is 5.56. The summed E-state index contributed by atoms with van der Waals surface area (Å²) in [5.74, 6) is -1.29. The van der Waals surface area contributed by atoms with E-state index >= 15 is 0 Å². The molecule has 5 heteroatoms. The zero-order chi connectivity index (χ0) is 13.2. The molecule has 1 aliphatic carbocycles. The molecule has 0 heterocycles. The van der Waals surface area contributed by atoms with Gasteiger partial charge in [0.25, 0.3) is 0 Å². The number of carbonyl (C=O) groups excluding carboxylic acids is 1. The predicted octanol–water partition coefficient (Wildman–Crippen LogP) is 0.729. The Balaban J connectivity index is 2.46. The summed E-state index contributed by atoms with van der Waals surface area (Å²) in [7, 11) is 0. The molecule has 0 spiro atoms. The fourth-order valence-electron chi connectivity index (χ4n) is 2.02. The van der Waals surface area contributed by atoms with E-state index in [1.54, 1.807) is 0 Å². The fraction of sp³-hybridized carbons (Fsp3) is 0.833. The van der Waals surface area contributed by atoms with Crippen molar-refractivity contribution >= 4 is 11.9 Å². The fourth-order valence-corrected chi connectivity index (χ4v) is 2.02. The third-order valence-corrected chi connectivity index (χ3v) is 3.34. The van der Waals surface area contributed by atoms with Gasteiger partial charge in [-0.1, -0.05) is 20.8 Å². The van der Waals surface area contributed by atoms with Crippen LogP contribution in [0.15, 0.2) is 0 Å². The van der Waals surface area contributed by atoms with Crippen molar-refractivity contribution in [3.63, 3.8) is 0 Å². The summed E-state index contributed by atoms with van der Waals surface area (Å²) < 4.78 is 0. The lowest BCUT2D eigenvalue weighted by Gasteiger charge is -2.27. The average Bonchev–Trinajstić information content (AvgIpc) is 2.63. The van der Waals surface area contributed by atoms with Crippen molar-refractivity contribution in [3.8, 4) is 0 Å². The van der Waals surface area contributed by atoms with E-state index in [-0.39, 0.29) is 23.3 Å². The van der Waals surface area contributed by atoms with Crippen molar-refractivity contribution in [2.75, 3.05) is 0 Å². The van der Waals surface area contributed by atoms with Gasteiger partial charge in [0.2, 0.25) is 5.91 Å². The molecule has 1 fully saturated rings. The van der Waals surface area contributed by atoms with E-state index in [1.807, 2.05) is 20.8 Å². The molecule has 0 saturated heterocycles. The second kappa shape index (κ2) is 5.04. The molecule has 17 heavy (non-hydrogen) atoms. The molecule has 1 saturated carbocycles. The maximum absolute atomic E-state index is 11.8. The highest BCUT2D eigenvalue weighted by atomic mass is 16.4. The molecule has 0 aromatic rings. The van der Waals surface area contributed by atoms with Crippen LogP contribution in [0.4, 0.5) is 0 Å². The van der Waals surface area contributed by atoms with E-state index in [2.05, 4.69) is 5.32 Å². The van der Waals surface area contributed by atoms with Gasteiger partial charge in [-0.2, -0.15) is 0 Å². The van der Waals surface area contributed by atoms with E-state index < -0.39 is 12.0 Å². The Morgan fingerprint density at radius 3 is 2.35 bits per heavy atom. The zero-order valence-corrected chi connectivity index (χ0v) is 10.7. The first kappa shape index (κ1) is 14.0. The Labute approximate surface area is 102 Å². The summed E-state index contributed by atoms with van der Waals surface area (Å²) in [6.45, 7) is 5.73. The molecule has 5 nitrogen and oxygen atoms in total. The molecule has 4 N–H and O–H groups in total. The molecular weight excluding hydrogens is 220 g/mol. The molecule has 0 aromatic carbocycles. The minimum atomic E-state index is -0.776. The lowest BCUT2D eigenvalue weighted by atomic mass is 9.87. The highest BCUT2D eigenvalue weighted by Crippen LogP contribution is 2.26. The van der Waals surface area contributed by atoms with E-state index in [9.17, 15) is 9.59 Å². The average molecular weight is 242 g/mol. The number of carboxylic acid groups (broad SMARTS) is 1.